The quantitative estimate of drug-likeness (QED) is 0.0348. The number of esters is 3. The molecule has 0 saturated carbocycles. The van der Waals surface area contributed by atoms with E-state index >= 15 is 0 Å². The number of ether oxygens (including phenoxy) is 3. The number of carbonyl (C=O) groups is 3. The molecular formula is C50H96O6. The highest BCUT2D eigenvalue weighted by atomic mass is 16.6. The average Bonchev–Trinajstić information content (AvgIpc) is 3.15. The Bertz CT molecular complexity index is 868. The van der Waals surface area contributed by atoms with Gasteiger partial charge in [-0.1, -0.05) is 228 Å². The molecule has 1 atom stereocenters. The Morgan fingerprint density at radius 1 is 0.304 bits per heavy atom. The van der Waals surface area contributed by atoms with Crippen molar-refractivity contribution in [3.63, 3.8) is 0 Å². The summed E-state index contributed by atoms with van der Waals surface area (Å²) in [6.45, 7) is 13.6. The Hall–Kier alpha value is -1.59. The van der Waals surface area contributed by atoms with Crippen molar-refractivity contribution in [3.05, 3.63) is 0 Å². The van der Waals surface area contributed by atoms with E-state index in [9.17, 15) is 14.4 Å². The van der Waals surface area contributed by atoms with Gasteiger partial charge in [-0.2, -0.15) is 0 Å². The Labute approximate surface area is 348 Å². The average molecular weight is 793 g/mol. The molecule has 6 nitrogen and oxygen atoms in total. The van der Waals surface area contributed by atoms with Crippen LogP contribution in [0.5, 0.6) is 0 Å². The summed E-state index contributed by atoms with van der Waals surface area (Å²) >= 11 is 0. The predicted molar refractivity (Wildman–Crippen MR) is 238 cm³/mol. The highest BCUT2D eigenvalue weighted by Gasteiger charge is 2.19. The molecule has 0 rings (SSSR count). The first-order chi connectivity index (χ1) is 27.1. The monoisotopic (exact) mass is 793 g/mol. The molecule has 0 amide bonds. The molecule has 56 heavy (non-hydrogen) atoms. The molecule has 0 heterocycles. The first kappa shape index (κ1) is 54.4. The van der Waals surface area contributed by atoms with Crippen molar-refractivity contribution < 1.29 is 28.6 Å². The Kier molecular flexibility index (Phi) is 40.4. The summed E-state index contributed by atoms with van der Waals surface area (Å²) < 4.78 is 16.8. The van der Waals surface area contributed by atoms with Crippen molar-refractivity contribution in [2.24, 2.45) is 17.8 Å². The number of rotatable bonds is 43. The maximum absolute atomic E-state index is 12.8. The minimum absolute atomic E-state index is 0.0657. The van der Waals surface area contributed by atoms with Crippen molar-refractivity contribution in [1.82, 2.24) is 0 Å². The summed E-state index contributed by atoms with van der Waals surface area (Å²) in [7, 11) is 0. The van der Waals surface area contributed by atoms with Crippen LogP contribution in [0.4, 0.5) is 0 Å². The van der Waals surface area contributed by atoms with Gasteiger partial charge in [0.05, 0.1) is 0 Å². The molecule has 0 bridgehead atoms. The second-order valence-electron chi connectivity index (χ2n) is 18.5. The van der Waals surface area contributed by atoms with Crippen LogP contribution in [0, 0.1) is 17.8 Å². The molecular weight excluding hydrogens is 697 g/mol. The molecule has 0 unspecified atom stereocenters. The molecule has 0 saturated heterocycles. The van der Waals surface area contributed by atoms with Crippen LogP contribution in [0.3, 0.4) is 0 Å². The standard InChI is InChI=1S/C50H96O6/c1-44(2)36-30-24-18-13-9-7-8-10-16-22-29-35-41-50(53)56-47(43-55-49(52)40-34-28-23-17-20-26-32-38-46(5)6)42-54-48(51)39-33-27-21-15-12-11-14-19-25-31-37-45(3)4/h44-47H,7-43H2,1-6H3/t47-/m0/s1. The highest BCUT2D eigenvalue weighted by molar-refractivity contribution is 5.71. The lowest BCUT2D eigenvalue weighted by Crippen LogP contribution is -2.30. The van der Waals surface area contributed by atoms with Gasteiger partial charge in [0.15, 0.2) is 6.10 Å². The molecule has 0 N–H and O–H groups in total. The van der Waals surface area contributed by atoms with Crippen LogP contribution in [-0.4, -0.2) is 37.2 Å². The molecule has 0 aromatic carbocycles. The smallest absolute Gasteiger partial charge is 0.306 e. The van der Waals surface area contributed by atoms with Crippen molar-refractivity contribution >= 4 is 17.9 Å². The van der Waals surface area contributed by atoms with Gasteiger partial charge >= 0.3 is 17.9 Å². The maximum Gasteiger partial charge on any atom is 0.306 e. The van der Waals surface area contributed by atoms with Gasteiger partial charge in [-0.15, -0.1) is 0 Å². The summed E-state index contributed by atoms with van der Waals surface area (Å²) in [4.78, 5) is 37.8. The van der Waals surface area contributed by atoms with Gasteiger partial charge in [0, 0.05) is 19.3 Å². The predicted octanol–water partition coefficient (Wildman–Crippen LogP) is 15.6. The summed E-state index contributed by atoms with van der Waals surface area (Å²) in [5.41, 5.74) is 0. The third kappa shape index (κ3) is 43.5. The molecule has 0 aliphatic rings. The van der Waals surface area contributed by atoms with Gasteiger partial charge in [-0.05, 0) is 37.0 Å². The van der Waals surface area contributed by atoms with Crippen LogP contribution in [-0.2, 0) is 28.6 Å². The summed E-state index contributed by atoms with van der Waals surface area (Å²) in [6, 6.07) is 0. The molecule has 0 aromatic rings. The number of unbranched alkanes of at least 4 members (excludes halogenated alkanes) is 26. The normalized spacial score (nSPS) is 12.2. The van der Waals surface area contributed by atoms with Gasteiger partial charge < -0.3 is 14.2 Å². The topological polar surface area (TPSA) is 78.9 Å². The van der Waals surface area contributed by atoms with E-state index in [4.69, 9.17) is 14.2 Å². The van der Waals surface area contributed by atoms with Crippen LogP contribution in [0.1, 0.15) is 266 Å². The second kappa shape index (κ2) is 41.6. The zero-order valence-electron chi connectivity index (χ0n) is 38.4. The van der Waals surface area contributed by atoms with Crippen LogP contribution in [0.15, 0.2) is 0 Å². The van der Waals surface area contributed by atoms with Crippen LogP contribution >= 0.6 is 0 Å². The number of carbonyl (C=O) groups excluding carboxylic acids is 3. The van der Waals surface area contributed by atoms with E-state index < -0.39 is 6.10 Å². The third-order valence-electron chi connectivity index (χ3n) is 11.1. The highest BCUT2D eigenvalue weighted by Crippen LogP contribution is 2.17. The summed E-state index contributed by atoms with van der Waals surface area (Å²) in [6.07, 6.45) is 39.5. The molecule has 0 fully saturated rings. The molecule has 0 aliphatic carbocycles. The first-order valence-electron chi connectivity index (χ1n) is 24.6. The van der Waals surface area contributed by atoms with E-state index in [0.717, 1.165) is 75.5 Å². The fourth-order valence-electron chi connectivity index (χ4n) is 7.41. The van der Waals surface area contributed by atoms with Gasteiger partial charge in [-0.25, -0.2) is 0 Å². The summed E-state index contributed by atoms with van der Waals surface area (Å²) in [5, 5.41) is 0. The minimum atomic E-state index is -0.762. The maximum atomic E-state index is 12.8. The van der Waals surface area contributed by atoms with Crippen molar-refractivity contribution in [2.45, 2.75) is 272 Å². The molecule has 0 aliphatic heterocycles. The van der Waals surface area contributed by atoms with E-state index in [1.807, 2.05) is 0 Å². The fourth-order valence-corrected chi connectivity index (χ4v) is 7.41. The Morgan fingerprint density at radius 2 is 0.518 bits per heavy atom. The molecule has 0 radical (unpaired) electrons. The molecule has 0 aromatic heterocycles. The zero-order chi connectivity index (χ0) is 41.3. The lowest BCUT2D eigenvalue weighted by Gasteiger charge is -2.18. The third-order valence-corrected chi connectivity index (χ3v) is 11.1. The lowest BCUT2D eigenvalue weighted by atomic mass is 10.0. The molecule has 332 valence electrons. The van der Waals surface area contributed by atoms with Crippen LogP contribution in [0.2, 0.25) is 0 Å². The van der Waals surface area contributed by atoms with E-state index in [2.05, 4.69) is 41.5 Å². The van der Waals surface area contributed by atoms with Crippen LogP contribution < -0.4 is 0 Å². The van der Waals surface area contributed by atoms with E-state index in [0.29, 0.717) is 19.3 Å². The lowest BCUT2D eigenvalue weighted by molar-refractivity contribution is -0.167. The van der Waals surface area contributed by atoms with Gasteiger partial charge in [0.25, 0.3) is 0 Å². The SMILES string of the molecule is CC(C)CCCCCCCCCCCCCCC(=O)O[C@@H](COC(=O)CCCCCCCCCCCCC(C)C)COC(=O)CCCCCCCCCC(C)C. The van der Waals surface area contributed by atoms with Crippen molar-refractivity contribution in [3.8, 4) is 0 Å². The Morgan fingerprint density at radius 3 is 0.768 bits per heavy atom. The number of hydrogen-bond acceptors (Lipinski definition) is 6. The first-order valence-corrected chi connectivity index (χ1v) is 24.6. The van der Waals surface area contributed by atoms with Crippen molar-refractivity contribution in [2.75, 3.05) is 13.2 Å². The minimum Gasteiger partial charge on any atom is -0.462 e. The van der Waals surface area contributed by atoms with Crippen molar-refractivity contribution in [1.29, 1.82) is 0 Å². The van der Waals surface area contributed by atoms with Gasteiger partial charge in [-0.3, -0.25) is 14.4 Å². The number of hydrogen-bond donors (Lipinski definition) is 0. The molecule has 0 spiro atoms. The fraction of sp³-hybridized carbons (Fsp3) is 0.940. The van der Waals surface area contributed by atoms with Gasteiger partial charge in [0.1, 0.15) is 13.2 Å². The summed E-state index contributed by atoms with van der Waals surface area (Å²) in [5.74, 6) is 1.57. The Balaban J connectivity index is 4.32. The second-order valence-corrected chi connectivity index (χ2v) is 18.5. The van der Waals surface area contributed by atoms with Crippen LogP contribution in [0.25, 0.3) is 0 Å². The largest absolute Gasteiger partial charge is 0.462 e. The molecule has 6 heteroatoms. The van der Waals surface area contributed by atoms with Gasteiger partial charge in [0.2, 0.25) is 0 Å². The van der Waals surface area contributed by atoms with E-state index in [-0.39, 0.29) is 31.1 Å². The van der Waals surface area contributed by atoms with E-state index in [1.54, 1.807) is 0 Å². The van der Waals surface area contributed by atoms with E-state index in [1.165, 1.54) is 148 Å². The zero-order valence-corrected chi connectivity index (χ0v) is 38.4.